The predicted molar refractivity (Wildman–Crippen MR) is 86.1 cm³/mol. The van der Waals surface area contributed by atoms with Gasteiger partial charge in [0, 0.05) is 12.1 Å². The van der Waals surface area contributed by atoms with E-state index in [1.807, 2.05) is 0 Å². The first-order valence-electron chi connectivity index (χ1n) is 7.25. The third-order valence-corrected chi connectivity index (χ3v) is 4.99. The van der Waals surface area contributed by atoms with E-state index in [0.29, 0.717) is 24.2 Å². The lowest BCUT2D eigenvalue weighted by molar-refractivity contribution is -0.140. The molecule has 1 aliphatic rings. The van der Waals surface area contributed by atoms with Gasteiger partial charge in [-0.25, -0.2) is 13.2 Å². The molecule has 7 nitrogen and oxygen atoms in total. The van der Waals surface area contributed by atoms with Crippen molar-refractivity contribution in [2.75, 3.05) is 17.1 Å². The summed E-state index contributed by atoms with van der Waals surface area (Å²) in [6.07, 6.45) is 1.67. The van der Waals surface area contributed by atoms with Crippen LogP contribution < -0.4 is 9.62 Å². The number of carboxylic acid groups (broad SMARTS) is 1. The first-order chi connectivity index (χ1) is 10.6. The molecule has 0 unspecified atom stereocenters. The number of fused-ring (bicyclic) bond motifs is 1. The van der Waals surface area contributed by atoms with E-state index in [2.05, 4.69) is 5.32 Å². The zero-order valence-corrected chi connectivity index (χ0v) is 14.1. The smallest absolute Gasteiger partial charge is 0.326 e. The molecule has 1 atom stereocenters. The number of amides is 1. The minimum absolute atomic E-state index is 0.244. The molecule has 1 aliphatic heterocycles. The number of hydrogen-bond acceptors (Lipinski definition) is 4. The van der Waals surface area contributed by atoms with Gasteiger partial charge in [-0.05, 0) is 36.1 Å². The second-order valence-corrected chi connectivity index (χ2v) is 7.87. The van der Waals surface area contributed by atoms with Gasteiger partial charge in [0.2, 0.25) is 10.0 Å². The monoisotopic (exact) mass is 340 g/mol. The summed E-state index contributed by atoms with van der Waals surface area (Å²) >= 11 is 0. The van der Waals surface area contributed by atoms with Crippen LogP contribution in [0.3, 0.4) is 0 Å². The number of carbonyl (C=O) groups is 2. The van der Waals surface area contributed by atoms with E-state index >= 15 is 0 Å². The van der Waals surface area contributed by atoms with Crippen molar-refractivity contribution in [3.05, 3.63) is 29.3 Å². The van der Waals surface area contributed by atoms with Gasteiger partial charge in [0.1, 0.15) is 6.04 Å². The first-order valence-corrected chi connectivity index (χ1v) is 9.10. The van der Waals surface area contributed by atoms with E-state index in [0.717, 1.165) is 11.8 Å². The van der Waals surface area contributed by atoms with Crippen molar-refractivity contribution in [2.24, 2.45) is 5.92 Å². The van der Waals surface area contributed by atoms with Crippen molar-refractivity contribution in [1.29, 1.82) is 0 Å². The second kappa shape index (κ2) is 6.19. The van der Waals surface area contributed by atoms with Gasteiger partial charge in [-0.3, -0.25) is 9.10 Å². The van der Waals surface area contributed by atoms with Gasteiger partial charge in [-0.1, -0.05) is 13.8 Å². The molecule has 1 heterocycles. The molecule has 1 amide bonds. The van der Waals surface area contributed by atoms with Crippen LogP contribution in [0.2, 0.25) is 0 Å². The maximum Gasteiger partial charge on any atom is 0.326 e. The van der Waals surface area contributed by atoms with Gasteiger partial charge >= 0.3 is 5.97 Å². The van der Waals surface area contributed by atoms with Gasteiger partial charge < -0.3 is 10.4 Å². The van der Waals surface area contributed by atoms with Gasteiger partial charge in [0.05, 0.1) is 11.9 Å². The molecule has 126 valence electrons. The Balaban J connectivity index is 2.23. The van der Waals surface area contributed by atoms with Crippen LogP contribution in [-0.4, -0.2) is 44.2 Å². The normalized spacial score (nSPS) is 15.4. The van der Waals surface area contributed by atoms with Crippen molar-refractivity contribution in [2.45, 2.75) is 26.3 Å². The van der Waals surface area contributed by atoms with Gasteiger partial charge in [-0.2, -0.15) is 0 Å². The first kappa shape index (κ1) is 17.3. The number of anilines is 1. The summed E-state index contributed by atoms with van der Waals surface area (Å²) in [7, 11) is -3.34. The van der Waals surface area contributed by atoms with Gasteiger partial charge in [0.15, 0.2) is 0 Å². The summed E-state index contributed by atoms with van der Waals surface area (Å²) in [5, 5.41) is 11.6. The number of sulfonamides is 1. The average molecular weight is 340 g/mol. The Labute approximate surface area is 135 Å². The molecule has 0 bridgehead atoms. The molecule has 1 aromatic rings. The highest BCUT2D eigenvalue weighted by molar-refractivity contribution is 7.92. The standard InChI is InChI=1S/C15H20N2O5S/c1-9(2)13(15(19)20)16-14(18)11-4-5-12-10(8-11)6-7-17(12)23(3,21)22/h4-5,8-9,13H,6-7H2,1-3H3,(H,16,18)(H,19,20)/t13-/m0/s1. The minimum Gasteiger partial charge on any atom is -0.480 e. The maximum absolute atomic E-state index is 12.2. The van der Waals surface area contributed by atoms with E-state index in [-0.39, 0.29) is 5.92 Å². The lowest BCUT2D eigenvalue weighted by atomic mass is 10.0. The summed E-state index contributed by atoms with van der Waals surface area (Å²) in [6.45, 7) is 3.78. The van der Waals surface area contributed by atoms with Crippen LogP contribution in [0.5, 0.6) is 0 Å². The van der Waals surface area contributed by atoms with Crippen LogP contribution in [0.25, 0.3) is 0 Å². The highest BCUT2D eigenvalue weighted by Gasteiger charge is 2.28. The molecule has 0 saturated heterocycles. The summed E-state index contributed by atoms with van der Waals surface area (Å²) in [5.41, 5.74) is 1.66. The third-order valence-electron chi connectivity index (χ3n) is 3.81. The molecule has 1 aromatic carbocycles. The zero-order chi connectivity index (χ0) is 17.4. The van der Waals surface area contributed by atoms with E-state index in [4.69, 9.17) is 5.11 Å². The third kappa shape index (κ3) is 3.64. The molecule has 23 heavy (non-hydrogen) atoms. The molecular weight excluding hydrogens is 320 g/mol. The van der Waals surface area contributed by atoms with Crippen molar-refractivity contribution >= 4 is 27.6 Å². The van der Waals surface area contributed by atoms with Crippen molar-refractivity contribution < 1.29 is 23.1 Å². The molecule has 2 rings (SSSR count). The molecular formula is C15H20N2O5S. The minimum atomic E-state index is -3.34. The largest absolute Gasteiger partial charge is 0.480 e. The summed E-state index contributed by atoms with van der Waals surface area (Å²) in [6, 6.07) is 3.75. The average Bonchev–Trinajstić information content (AvgIpc) is 2.86. The summed E-state index contributed by atoms with van der Waals surface area (Å²) < 4.78 is 24.7. The number of rotatable bonds is 5. The number of carboxylic acids is 1. The van der Waals surface area contributed by atoms with E-state index < -0.39 is 27.9 Å². The molecule has 0 radical (unpaired) electrons. The molecule has 0 spiro atoms. The number of aliphatic carboxylic acids is 1. The number of nitrogens with one attached hydrogen (secondary N) is 1. The molecule has 0 aromatic heterocycles. The van der Waals surface area contributed by atoms with Gasteiger partial charge in [-0.15, -0.1) is 0 Å². The summed E-state index contributed by atoms with van der Waals surface area (Å²) in [4.78, 5) is 23.4. The van der Waals surface area contributed by atoms with E-state index in [1.165, 1.54) is 10.4 Å². The lowest BCUT2D eigenvalue weighted by Crippen LogP contribution is -2.44. The van der Waals surface area contributed by atoms with Crippen LogP contribution in [0.4, 0.5) is 5.69 Å². The van der Waals surface area contributed by atoms with Gasteiger partial charge in [0.25, 0.3) is 5.91 Å². The number of benzene rings is 1. The fourth-order valence-electron chi connectivity index (χ4n) is 2.60. The Morgan fingerprint density at radius 1 is 1.30 bits per heavy atom. The number of carbonyl (C=O) groups excluding carboxylic acids is 1. The lowest BCUT2D eigenvalue weighted by Gasteiger charge is -2.19. The topological polar surface area (TPSA) is 104 Å². The van der Waals surface area contributed by atoms with Crippen molar-refractivity contribution in [1.82, 2.24) is 5.32 Å². The Hall–Kier alpha value is -2.09. The van der Waals surface area contributed by atoms with Crippen LogP contribution in [-0.2, 0) is 21.2 Å². The number of nitrogens with zero attached hydrogens (tertiary/aromatic N) is 1. The Morgan fingerprint density at radius 2 is 1.96 bits per heavy atom. The van der Waals surface area contributed by atoms with Crippen LogP contribution in [0.15, 0.2) is 18.2 Å². The Bertz CT molecular complexity index is 742. The second-order valence-electron chi connectivity index (χ2n) is 5.96. The fraction of sp³-hybridized carbons (Fsp3) is 0.467. The quantitative estimate of drug-likeness (QED) is 0.827. The maximum atomic E-state index is 12.2. The predicted octanol–water partition coefficient (Wildman–Crippen LogP) is 0.848. The zero-order valence-electron chi connectivity index (χ0n) is 13.2. The molecule has 8 heteroatoms. The van der Waals surface area contributed by atoms with Crippen LogP contribution >= 0.6 is 0 Å². The van der Waals surface area contributed by atoms with Crippen molar-refractivity contribution in [3.8, 4) is 0 Å². The SMILES string of the molecule is CC(C)[C@H](NC(=O)c1ccc2c(c1)CCN2S(C)(=O)=O)C(=O)O. The summed E-state index contributed by atoms with van der Waals surface area (Å²) in [5.74, 6) is -1.81. The van der Waals surface area contributed by atoms with E-state index in [1.54, 1.807) is 26.0 Å². The highest BCUT2D eigenvalue weighted by atomic mass is 32.2. The molecule has 0 saturated carbocycles. The van der Waals surface area contributed by atoms with Crippen LogP contribution in [0.1, 0.15) is 29.8 Å². The molecule has 0 aliphatic carbocycles. The number of hydrogen-bond donors (Lipinski definition) is 2. The molecule has 2 N–H and O–H groups in total. The van der Waals surface area contributed by atoms with E-state index in [9.17, 15) is 18.0 Å². The highest BCUT2D eigenvalue weighted by Crippen LogP contribution is 2.30. The Kier molecular flexibility index (Phi) is 4.65. The fourth-order valence-corrected chi connectivity index (χ4v) is 3.55. The van der Waals surface area contributed by atoms with Crippen molar-refractivity contribution in [3.63, 3.8) is 0 Å². The van der Waals surface area contributed by atoms with Crippen LogP contribution in [0, 0.1) is 5.92 Å². The molecule has 0 fully saturated rings. The Morgan fingerprint density at radius 3 is 2.48 bits per heavy atom.